The van der Waals surface area contributed by atoms with Crippen molar-refractivity contribution in [2.75, 3.05) is 37.6 Å². The first-order valence-electron chi connectivity index (χ1n) is 12.1. The third-order valence-electron chi connectivity index (χ3n) is 7.49. The van der Waals surface area contributed by atoms with Crippen LogP contribution in [0, 0.1) is 0 Å². The molecule has 4 heterocycles. The second kappa shape index (κ2) is 8.24. The monoisotopic (exact) mass is 429 g/mol. The van der Waals surface area contributed by atoms with Crippen LogP contribution in [-0.2, 0) is 6.54 Å². The lowest BCUT2D eigenvalue weighted by Gasteiger charge is -2.41. The summed E-state index contributed by atoms with van der Waals surface area (Å²) in [5.41, 5.74) is 4.95. The normalized spacial score (nSPS) is 20.4. The fourth-order valence-electron chi connectivity index (χ4n) is 5.78. The van der Waals surface area contributed by atoms with Gasteiger partial charge in [-0.2, -0.15) is 0 Å². The molecular weight excluding hydrogens is 398 g/mol. The number of anilines is 1. The van der Waals surface area contributed by atoms with Gasteiger partial charge in [0, 0.05) is 43.5 Å². The molecule has 166 valence electrons. The maximum absolute atomic E-state index is 12.4. The minimum Gasteiger partial charge on any atom is -0.371 e. The lowest BCUT2D eigenvalue weighted by molar-refractivity contribution is 0.0956. The maximum Gasteiger partial charge on any atom is 0.253 e. The first-order valence-corrected chi connectivity index (χ1v) is 12.1. The number of likely N-dealkylation sites (tertiary alicyclic amines) is 1. The summed E-state index contributed by atoms with van der Waals surface area (Å²) >= 11 is 0. The minimum absolute atomic E-state index is 0.0101. The fraction of sp³-hybridized carbons (Fsp3) is 0.462. The van der Waals surface area contributed by atoms with Gasteiger partial charge in [-0.25, -0.2) is 4.98 Å². The number of piperidine rings is 2. The average molecular weight is 430 g/mol. The Morgan fingerprint density at radius 2 is 1.66 bits per heavy atom. The summed E-state index contributed by atoms with van der Waals surface area (Å²) in [7, 11) is 0. The Balaban J connectivity index is 1.22. The highest BCUT2D eigenvalue weighted by Crippen LogP contribution is 2.31. The van der Waals surface area contributed by atoms with Crippen molar-refractivity contribution in [1.82, 2.24) is 19.8 Å². The van der Waals surface area contributed by atoms with Gasteiger partial charge in [0.2, 0.25) is 0 Å². The van der Waals surface area contributed by atoms with E-state index in [0.717, 1.165) is 48.1 Å². The lowest BCUT2D eigenvalue weighted by atomic mass is 9.99. The molecule has 0 radical (unpaired) electrons. The van der Waals surface area contributed by atoms with Crippen molar-refractivity contribution in [3.63, 3.8) is 0 Å². The van der Waals surface area contributed by atoms with Gasteiger partial charge in [0.1, 0.15) is 5.82 Å². The van der Waals surface area contributed by atoms with Crippen LogP contribution in [0.25, 0.3) is 22.4 Å². The number of aromatic nitrogens is 2. The highest BCUT2D eigenvalue weighted by Gasteiger charge is 2.26. The van der Waals surface area contributed by atoms with Gasteiger partial charge in [-0.1, -0.05) is 12.5 Å². The topological polar surface area (TPSA) is 53.4 Å². The first kappa shape index (κ1) is 19.8. The molecule has 3 aliphatic heterocycles. The molecule has 1 amide bonds. The van der Waals surface area contributed by atoms with Crippen LogP contribution in [0.2, 0.25) is 0 Å². The van der Waals surface area contributed by atoms with E-state index >= 15 is 0 Å². The Morgan fingerprint density at radius 3 is 2.44 bits per heavy atom. The van der Waals surface area contributed by atoms with Crippen LogP contribution in [0.1, 0.15) is 42.5 Å². The summed E-state index contributed by atoms with van der Waals surface area (Å²) in [6, 6.07) is 15.4. The van der Waals surface area contributed by atoms with Crippen LogP contribution in [0.3, 0.4) is 0 Å². The molecule has 0 saturated carbocycles. The fourth-order valence-corrected chi connectivity index (χ4v) is 5.78. The first-order chi connectivity index (χ1) is 15.8. The Labute approximate surface area is 189 Å². The van der Waals surface area contributed by atoms with Gasteiger partial charge in [0.25, 0.3) is 5.91 Å². The number of imidazole rings is 1. The molecule has 1 N–H and O–H groups in total. The van der Waals surface area contributed by atoms with Gasteiger partial charge in [-0.05, 0) is 75.2 Å². The molecular formula is C26H31N5O. The zero-order chi connectivity index (χ0) is 21.5. The highest BCUT2D eigenvalue weighted by molar-refractivity contribution is 6.06. The molecule has 3 aromatic rings. The number of hydrogen-bond acceptors (Lipinski definition) is 4. The molecule has 32 heavy (non-hydrogen) atoms. The predicted molar refractivity (Wildman–Crippen MR) is 128 cm³/mol. The van der Waals surface area contributed by atoms with Crippen LogP contribution >= 0.6 is 0 Å². The van der Waals surface area contributed by atoms with Crippen LogP contribution in [0.5, 0.6) is 0 Å². The largest absolute Gasteiger partial charge is 0.371 e. The maximum atomic E-state index is 12.4. The Kier molecular flexibility index (Phi) is 5.10. The Bertz CT molecular complexity index is 1120. The molecule has 6 rings (SSSR count). The third kappa shape index (κ3) is 3.47. The molecule has 0 aliphatic carbocycles. The van der Waals surface area contributed by atoms with Crippen LogP contribution < -0.4 is 10.2 Å². The molecule has 3 aliphatic rings. The molecule has 2 fully saturated rings. The number of benzene rings is 2. The second-order valence-electron chi connectivity index (χ2n) is 9.38. The molecule has 0 bridgehead atoms. The van der Waals surface area contributed by atoms with Crippen molar-refractivity contribution in [3.8, 4) is 11.4 Å². The van der Waals surface area contributed by atoms with E-state index in [2.05, 4.69) is 43.9 Å². The van der Waals surface area contributed by atoms with E-state index in [-0.39, 0.29) is 5.91 Å². The van der Waals surface area contributed by atoms with E-state index in [1.54, 1.807) is 0 Å². The van der Waals surface area contributed by atoms with Crippen molar-refractivity contribution >= 4 is 22.6 Å². The molecule has 0 spiro atoms. The van der Waals surface area contributed by atoms with Crippen molar-refractivity contribution in [2.24, 2.45) is 0 Å². The molecule has 2 saturated heterocycles. The zero-order valence-electron chi connectivity index (χ0n) is 18.6. The van der Waals surface area contributed by atoms with Gasteiger partial charge in [-0.15, -0.1) is 0 Å². The smallest absolute Gasteiger partial charge is 0.253 e. The number of nitrogens with one attached hydrogen (secondary N) is 1. The molecule has 1 aromatic heterocycles. The summed E-state index contributed by atoms with van der Waals surface area (Å²) in [4.78, 5) is 22.6. The quantitative estimate of drug-likeness (QED) is 0.686. The standard InChI is InChI=1S/C26H31N5O/c32-26-22-5-4-6-23-24(22)31(18-13-27-26)25(28-23)19-7-9-20(10-8-19)30-16-11-21(12-17-30)29-14-2-1-3-15-29/h4-10,21H,1-3,11-18H2,(H,27,32). The number of rotatable bonds is 3. The molecule has 0 unspecified atom stereocenters. The van der Waals surface area contributed by atoms with Gasteiger partial charge >= 0.3 is 0 Å². The molecule has 6 nitrogen and oxygen atoms in total. The summed E-state index contributed by atoms with van der Waals surface area (Å²) in [6.45, 7) is 6.22. The van der Waals surface area contributed by atoms with Gasteiger partial charge in [-0.3, -0.25) is 4.79 Å². The van der Waals surface area contributed by atoms with Crippen LogP contribution in [0.4, 0.5) is 5.69 Å². The Morgan fingerprint density at radius 1 is 0.875 bits per heavy atom. The average Bonchev–Trinajstić information content (AvgIpc) is 3.14. The minimum atomic E-state index is -0.0101. The molecule has 2 aromatic carbocycles. The van der Waals surface area contributed by atoms with E-state index in [0.29, 0.717) is 12.1 Å². The molecule has 0 atom stereocenters. The van der Waals surface area contributed by atoms with E-state index in [4.69, 9.17) is 4.98 Å². The van der Waals surface area contributed by atoms with Gasteiger partial charge in [0.15, 0.2) is 0 Å². The summed E-state index contributed by atoms with van der Waals surface area (Å²) < 4.78 is 2.20. The number of hydrogen-bond donors (Lipinski definition) is 1. The van der Waals surface area contributed by atoms with Crippen LogP contribution in [0.15, 0.2) is 42.5 Å². The number of nitrogens with zero attached hydrogens (tertiary/aromatic N) is 4. The predicted octanol–water partition coefficient (Wildman–Crippen LogP) is 3.90. The summed E-state index contributed by atoms with van der Waals surface area (Å²) in [6.07, 6.45) is 6.68. The number of carbonyl (C=O) groups is 1. The summed E-state index contributed by atoms with van der Waals surface area (Å²) in [5.74, 6) is 0.934. The van der Waals surface area contributed by atoms with E-state index in [1.165, 1.54) is 50.9 Å². The van der Waals surface area contributed by atoms with Gasteiger partial charge in [0.05, 0.1) is 16.6 Å². The van der Waals surface area contributed by atoms with Crippen molar-refractivity contribution < 1.29 is 4.79 Å². The summed E-state index contributed by atoms with van der Waals surface area (Å²) in [5, 5.41) is 3.00. The van der Waals surface area contributed by atoms with Gasteiger partial charge < -0.3 is 19.7 Å². The number of amides is 1. The van der Waals surface area contributed by atoms with E-state index < -0.39 is 0 Å². The van der Waals surface area contributed by atoms with E-state index in [9.17, 15) is 4.79 Å². The zero-order valence-corrected chi connectivity index (χ0v) is 18.6. The highest BCUT2D eigenvalue weighted by atomic mass is 16.1. The third-order valence-corrected chi connectivity index (χ3v) is 7.49. The van der Waals surface area contributed by atoms with Crippen molar-refractivity contribution in [3.05, 3.63) is 48.0 Å². The van der Waals surface area contributed by atoms with Crippen molar-refractivity contribution in [1.29, 1.82) is 0 Å². The van der Waals surface area contributed by atoms with E-state index in [1.807, 2.05) is 18.2 Å². The molecule has 6 heteroatoms. The van der Waals surface area contributed by atoms with Crippen molar-refractivity contribution in [2.45, 2.75) is 44.7 Å². The SMILES string of the molecule is O=C1NCCn2c(-c3ccc(N4CCC(N5CCCCC5)CC4)cc3)nc3cccc1c32. The second-order valence-corrected chi connectivity index (χ2v) is 9.38. The Hall–Kier alpha value is -2.86. The van der Waals surface area contributed by atoms with Crippen LogP contribution in [-0.4, -0.2) is 59.1 Å². The number of carbonyl (C=O) groups excluding carboxylic acids is 1. The number of para-hydroxylation sites is 1. The lowest BCUT2D eigenvalue weighted by Crippen LogP contribution is -2.46.